The van der Waals surface area contributed by atoms with Crippen LogP contribution in [0.2, 0.25) is 5.02 Å². The van der Waals surface area contributed by atoms with Crippen molar-refractivity contribution in [2.45, 2.75) is 57.0 Å². The van der Waals surface area contributed by atoms with Gasteiger partial charge in [-0.3, -0.25) is 14.5 Å². The highest BCUT2D eigenvalue weighted by Gasteiger charge is 2.45. The fraction of sp³-hybridized carbons (Fsp3) is 0.667. The molecule has 1 aromatic carbocycles. The van der Waals surface area contributed by atoms with E-state index in [1.54, 1.807) is 0 Å². The Kier molecular flexibility index (Phi) is 5.76. The minimum Gasteiger partial charge on any atom is -0.342 e. The highest BCUT2D eigenvalue weighted by molar-refractivity contribution is 6.30. The normalized spacial score (nSPS) is 30.3. The average molecular weight is 430 g/mol. The summed E-state index contributed by atoms with van der Waals surface area (Å²) >= 11 is 5.95. The molecule has 4 saturated heterocycles. The first kappa shape index (κ1) is 20.3. The van der Waals surface area contributed by atoms with E-state index in [4.69, 9.17) is 11.6 Å². The SMILES string of the molecule is O=C(Cc1ccc(Cl)cc1)N1CCC(N2C[C@H]3C[C@H](C2)[C@H]2CCCC(=O)N2C3)CC1. The molecule has 0 unspecified atom stereocenters. The van der Waals surface area contributed by atoms with Gasteiger partial charge in [-0.15, -0.1) is 0 Å². The first-order valence-electron chi connectivity index (χ1n) is 11.6. The van der Waals surface area contributed by atoms with Crippen LogP contribution in [0.25, 0.3) is 0 Å². The van der Waals surface area contributed by atoms with Crippen molar-refractivity contribution in [3.63, 3.8) is 0 Å². The summed E-state index contributed by atoms with van der Waals surface area (Å²) < 4.78 is 0. The van der Waals surface area contributed by atoms with Gasteiger partial charge in [-0.2, -0.15) is 0 Å². The predicted molar refractivity (Wildman–Crippen MR) is 117 cm³/mol. The van der Waals surface area contributed by atoms with Crippen LogP contribution in [0.15, 0.2) is 24.3 Å². The number of likely N-dealkylation sites (tertiary alicyclic amines) is 2. The highest BCUT2D eigenvalue weighted by atomic mass is 35.5. The van der Waals surface area contributed by atoms with Gasteiger partial charge >= 0.3 is 0 Å². The van der Waals surface area contributed by atoms with Gasteiger partial charge in [0.2, 0.25) is 11.8 Å². The molecule has 4 heterocycles. The fourth-order valence-electron chi connectivity index (χ4n) is 6.32. The Balaban J connectivity index is 1.15. The number of nitrogens with zero attached hydrogens (tertiary/aromatic N) is 3. The number of benzene rings is 1. The molecular weight excluding hydrogens is 398 g/mol. The first-order valence-corrected chi connectivity index (χ1v) is 12.0. The molecule has 5 rings (SSSR count). The number of hydrogen-bond acceptors (Lipinski definition) is 3. The van der Waals surface area contributed by atoms with Crippen molar-refractivity contribution in [3.05, 3.63) is 34.9 Å². The Morgan fingerprint density at radius 2 is 1.80 bits per heavy atom. The molecule has 0 aromatic heterocycles. The molecule has 0 radical (unpaired) electrons. The summed E-state index contributed by atoms with van der Waals surface area (Å²) in [6.07, 6.45) is 6.90. The van der Waals surface area contributed by atoms with Crippen molar-refractivity contribution < 1.29 is 9.59 Å². The average Bonchev–Trinajstić information content (AvgIpc) is 2.76. The van der Waals surface area contributed by atoms with Gasteiger partial charge in [-0.25, -0.2) is 0 Å². The van der Waals surface area contributed by atoms with Crippen LogP contribution in [-0.4, -0.2) is 71.3 Å². The molecule has 0 saturated carbocycles. The second-order valence-electron chi connectivity index (χ2n) is 9.74. The summed E-state index contributed by atoms with van der Waals surface area (Å²) in [5, 5.41) is 0.707. The van der Waals surface area contributed by atoms with Crippen LogP contribution in [0.5, 0.6) is 0 Å². The van der Waals surface area contributed by atoms with E-state index < -0.39 is 0 Å². The summed E-state index contributed by atoms with van der Waals surface area (Å²) in [5.74, 6) is 1.89. The third-order valence-corrected chi connectivity index (χ3v) is 8.06. The van der Waals surface area contributed by atoms with Crippen LogP contribution in [0.4, 0.5) is 0 Å². The van der Waals surface area contributed by atoms with Gasteiger partial charge in [0.15, 0.2) is 0 Å². The number of rotatable bonds is 3. The van der Waals surface area contributed by atoms with Crippen molar-refractivity contribution in [2.75, 3.05) is 32.7 Å². The molecule has 0 N–H and O–H groups in total. The number of hydrogen-bond donors (Lipinski definition) is 0. The lowest BCUT2D eigenvalue weighted by Gasteiger charge is -2.54. The lowest BCUT2D eigenvalue weighted by atomic mass is 9.75. The Morgan fingerprint density at radius 1 is 1.03 bits per heavy atom. The molecule has 4 aliphatic rings. The third kappa shape index (κ3) is 4.11. The van der Waals surface area contributed by atoms with E-state index in [-0.39, 0.29) is 5.91 Å². The minimum absolute atomic E-state index is 0.225. The number of amides is 2. The molecule has 2 amide bonds. The van der Waals surface area contributed by atoms with Crippen LogP contribution >= 0.6 is 11.6 Å². The van der Waals surface area contributed by atoms with Crippen LogP contribution < -0.4 is 0 Å². The fourth-order valence-corrected chi connectivity index (χ4v) is 6.44. The van der Waals surface area contributed by atoms with Gasteiger partial charge in [0.25, 0.3) is 0 Å². The molecule has 0 aliphatic carbocycles. The van der Waals surface area contributed by atoms with Crippen LogP contribution in [0, 0.1) is 11.8 Å². The summed E-state index contributed by atoms with van der Waals surface area (Å²) in [5.41, 5.74) is 1.03. The van der Waals surface area contributed by atoms with Gasteiger partial charge in [-0.05, 0) is 61.6 Å². The van der Waals surface area contributed by atoms with E-state index >= 15 is 0 Å². The molecule has 30 heavy (non-hydrogen) atoms. The molecular formula is C24H32ClN3O2. The molecule has 6 heteroatoms. The van der Waals surface area contributed by atoms with Crippen molar-refractivity contribution in [1.29, 1.82) is 0 Å². The Bertz CT molecular complexity index is 790. The van der Waals surface area contributed by atoms with E-state index in [1.165, 1.54) is 12.8 Å². The van der Waals surface area contributed by atoms with E-state index in [0.29, 0.717) is 41.3 Å². The van der Waals surface area contributed by atoms with Gasteiger partial charge in [-0.1, -0.05) is 23.7 Å². The van der Waals surface area contributed by atoms with Crippen molar-refractivity contribution in [3.8, 4) is 0 Å². The third-order valence-electron chi connectivity index (χ3n) is 7.81. The molecule has 3 atom stereocenters. The molecule has 2 bridgehead atoms. The Labute approximate surface area is 184 Å². The van der Waals surface area contributed by atoms with Gasteiger partial charge in [0, 0.05) is 56.3 Å². The summed E-state index contributed by atoms with van der Waals surface area (Å²) in [6, 6.07) is 8.65. The predicted octanol–water partition coefficient (Wildman–Crippen LogP) is 3.21. The van der Waals surface area contributed by atoms with E-state index in [0.717, 1.165) is 64.0 Å². The standard InChI is InChI=1S/C24H32ClN3O2/c25-20-6-4-17(5-7-20)13-24(30)26-10-8-21(9-11-26)27-14-18-12-19(16-27)22-2-1-3-23(29)28(22)15-18/h4-7,18-19,21-22H,1-3,8-16H2/t18-,19-,22-/m1/s1. The second-order valence-corrected chi connectivity index (χ2v) is 10.2. The van der Waals surface area contributed by atoms with Crippen LogP contribution in [-0.2, 0) is 16.0 Å². The highest BCUT2D eigenvalue weighted by Crippen LogP contribution is 2.39. The zero-order valence-electron chi connectivity index (χ0n) is 17.6. The molecule has 4 fully saturated rings. The number of piperidine rings is 4. The Morgan fingerprint density at radius 3 is 2.57 bits per heavy atom. The second kappa shape index (κ2) is 8.51. The zero-order valence-corrected chi connectivity index (χ0v) is 18.4. The Hall–Kier alpha value is -1.59. The molecule has 1 aromatic rings. The number of carbonyl (C=O) groups is 2. The quantitative estimate of drug-likeness (QED) is 0.741. The maximum absolute atomic E-state index is 12.7. The lowest BCUT2D eigenvalue weighted by Crippen LogP contribution is -2.62. The van der Waals surface area contributed by atoms with Crippen LogP contribution in [0.1, 0.15) is 44.1 Å². The number of halogens is 1. The van der Waals surface area contributed by atoms with E-state index in [1.807, 2.05) is 29.2 Å². The van der Waals surface area contributed by atoms with Crippen LogP contribution in [0.3, 0.4) is 0 Å². The van der Waals surface area contributed by atoms with E-state index in [9.17, 15) is 9.59 Å². The topological polar surface area (TPSA) is 43.9 Å². The van der Waals surface area contributed by atoms with Crippen molar-refractivity contribution in [1.82, 2.24) is 14.7 Å². The van der Waals surface area contributed by atoms with Gasteiger partial charge in [0.05, 0.1) is 6.42 Å². The van der Waals surface area contributed by atoms with E-state index in [2.05, 4.69) is 9.80 Å². The van der Waals surface area contributed by atoms with Gasteiger partial charge in [0.1, 0.15) is 0 Å². The summed E-state index contributed by atoms with van der Waals surface area (Å²) in [7, 11) is 0. The molecule has 4 aliphatic heterocycles. The summed E-state index contributed by atoms with van der Waals surface area (Å²) in [4.78, 5) is 32.0. The monoisotopic (exact) mass is 429 g/mol. The van der Waals surface area contributed by atoms with Crippen molar-refractivity contribution in [2.24, 2.45) is 11.8 Å². The van der Waals surface area contributed by atoms with Gasteiger partial charge < -0.3 is 9.80 Å². The lowest BCUT2D eigenvalue weighted by molar-refractivity contribution is -0.146. The van der Waals surface area contributed by atoms with Crippen molar-refractivity contribution >= 4 is 23.4 Å². The summed E-state index contributed by atoms with van der Waals surface area (Å²) in [6.45, 7) is 4.94. The number of carbonyl (C=O) groups excluding carboxylic acids is 2. The molecule has 5 nitrogen and oxygen atoms in total. The zero-order chi connectivity index (χ0) is 20.7. The maximum atomic E-state index is 12.7. The molecule has 0 spiro atoms. The smallest absolute Gasteiger partial charge is 0.226 e. The molecule has 162 valence electrons. The maximum Gasteiger partial charge on any atom is 0.226 e. The first-order chi connectivity index (χ1) is 14.6. The minimum atomic E-state index is 0.225. The number of fused-ring (bicyclic) bond motifs is 4. The largest absolute Gasteiger partial charge is 0.342 e.